The lowest BCUT2D eigenvalue weighted by atomic mass is 9.95. The highest BCUT2D eigenvalue weighted by atomic mass is 16.5. The Morgan fingerprint density at radius 1 is 1.12 bits per heavy atom. The van der Waals surface area contributed by atoms with Gasteiger partial charge in [0.2, 0.25) is 0 Å². The molecule has 2 atom stereocenters. The molecule has 0 aromatic heterocycles. The SMILES string of the molecule is CC(O)COCC(C)OC1CCC(O)CC1. The van der Waals surface area contributed by atoms with E-state index in [9.17, 15) is 5.11 Å². The van der Waals surface area contributed by atoms with E-state index in [1.54, 1.807) is 6.92 Å². The number of hydrogen-bond acceptors (Lipinski definition) is 4. The highest BCUT2D eigenvalue weighted by Gasteiger charge is 2.21. The second kappa shape index (κ2) is 7.22. The minimum absolute atomic E-state index is 0.0546. The summed E-state index contributed by atoms with van der Waals surface area (Å²) in [6, 6.07) is 0. The molecule has 0 bridgehead atoms. The third-order valence-corrected chi connectivity index (χ3v) is 2.78. The van der Waals surface area contributed by atoms with Crippen molar-refractivity contribution in [1.82, 2.24) is 0 Å². The Morgan fingerprint density at radius 3 is 2.31 bits per heavy atom. The van der Waals surface area contributed by atoms with Gasteiger partial charge >= 0.3 is 0 Å². The Bertz CT molecular complexity index is 176. The fraction of sp³-hybridized carbons (Fsp3) is 1.00. The maximum absolute atomic E-state index is 9.36. The molecule has 4 heteroatoms. The molecule has 16 heavy (non-hydrogen) atoms. The van der Waals surface area contributed by atoms with Gasteiger partial charge in [-0.15, -0.1) is 0 Å². The Balaban J connectivity index is 2.07. The highest BCUT2D eigenvalue weighted by molar-refractivity contribution is 4.72. The van der Waals surface area contributed by atoms with Crippen LogP contribution in [0.3, 0.4) is 0 Å². The van der Waals surface area contributed by atoms with Crippen LogP contribution in [0.15, 0.2) is 0 Å². The molecule has 0 heterocycles. The zero-order valence-electron chi connectivity index (χ0n) is 10.3. The van der Waals surface area contributed by atoms with Crippen molar-refractivity contribution in [3.8, 4) is 0 Å². The molecule has 1 fully saturated rings. The molecule has 0 aromatic rings. The standard InChI is InChI=1S/C12H24O4/c1-9(13)7-15-8-10(2)16-12-5-3-11(14)4-6-12/h9-14H,3-8H2,1-2H3. The zero-order valence-corrected chi connectivity index (χ0v) is 10.3. The summed E-state index contributed by atoms with van der Waals surface area (Å²) in [5.41, 5.74) is 0. The van der Waals surface area contributed by atoms with E-state index in [-0.39, 0.29) is 18.3 Å². The summed E-state index contributed by atoms with van der Waals surface area (Å²) < 4.78 is 11.1. The number of rotatable bonds is 6. The van der Waals surface area contributed by atoms with Crippen LogP contribution in [-0.2, 0) is 9.47 Å². The van der Waals surface area contributed by atoms with Gasteiger partial charge in [-0.1, -0.05) is 0 Å². The zero-order chi connectivity index (χ0) is 12.0. The Kier molecular flexibility index (Phi) is 6.28. The van der Waals surface area contributed by atoms with Crippen molar-refractivity contribution < 1.29 is 19.7 Å². The molecule has 0 amide bonds. The lowest BCUT2D eigenvalue weighted by Gasteiger charge is -2.28. The van der Waals surface area contributed by atoms with Gasteiger partial charge in [0.05, 0.1) is 37.6 Å². The van der Waals surface area contributed by atoms with Gasteiger partial charge < -0.3 is 19.7 Å². The molecule has 0 spiro atoms. The minimum Gasteiger partial charge on any atom is -0.393 e. The molecule has 1 aliphatic carbocycles. The van der Waals surface area contributed by atoms with E-state index in [1.165, 1.54) is 0 Å². The van der Waals surface area contributed by atoms with Crippen molar-refractivity contribution in [3.63, 3.8) is 0 Å². The van der Waals surface area contributed by atoms with Crippen molar-refractivity contribution in [2.45, 2.75) is 63.9 Å². The van der Waals surface area contributed by atoms with Crippen molar-refractivity contribution >= 4 is 0 Å². The third-order valence-electron chi connectivity index (χ3n) is 2.78. The average Bonchev–Trinajstić information content (AvgIpc) is 2.21. The van der Waals surface area contributed by atoms with Crippen LogP contribution in [0.4, 0.5) is 0 Å². The van der Waals surface area contributed by atoms with Gasteiger partial charge in [-0.3, -0.25) is 0 Å². The van der Waals surface area contributed by atoms with E-state index in [0.29, 0.717) is 13.2 Å². The van der Waals surface area contributed by atoms with Crippen LogP contribution < -0.4 is 0 Å². The largest absolute Gasteiger partial charge is 0.393 e. The number of aliphatic hydroxyl groups excluding tert-OH is 2. The monoisotopic (exact) mass is 232 g/mol. The molecule has 96 valence electrons. The van der Waals surface area contributed by atoms with Crippen LogP contribution >= 0.6 is 0 Å². The van der Waals surface area contributed by atoms with Crippen LogP contribution in [0, 0.1) is 0 Å². The summed E-state index contributed by atoms with van der Waals surface area (Å²) >= 11 is 0. The molecular formula is C12H24O4. The number of hydrogen-bond donors (Lipinski definition) is 2. The molecule has 1 rings (SSSR count). The second-order valence-electron chi connectivity index (χ2n) is 4.76. The van der Waals surface area contributed by atoms with Crippen LogP contribution in [0.2, 0.25) is 0 Å². The molecule has 4 nitrogen and oxygen atoms in total. The first kappa shape index (κ1) is 13.9. The lowest BCUT2D eigenvalue weighted by molar-refractivity contribution is -0.0787. The molecule has 2 N–H and O–H groups in total. The summed E-state index contributed by atoms with van der Waals surface area (Å²) in [6.07, 6.45) is 3.30. The summed E-state index contributed by atoms with van der Waals surface area (Å²) in [5, 5.41) is 18.4. The van der Waals surface area contributed by atoms with Crippen molar-refractivity contribution in [2.24, 2.45) is 0 Å². The molecule has 0 aliphatic heterocycles. The number of ether oxygens (including phenoxy) is 2. The van der Waals surface area contributed by atoms with Crippen LogP contribution in [0.25, 0.3) is 0 Å². The first-order valence-electron chi connectivity index (χ1n) is 6.17. The van der Waals surface area contributed by atoms with Gasteiger partial charge in [0.15, 0.2) is 0 Å². The Hall–Kier alpha value is -0.160. The Labute approximate surface area is 97.6 Å². The fourth-order valence-electron chi connectivity index (χ4n) is 1.95. The Morgan fingerprint density at radius 2 is 1.75 bits per heavy atom. The first-order valence-corrected chi connectivity index (χ1v) is 6.17. The van der Waals surface area contributed by atoms with Gasteiger partial charge in [0.25, 0.3) is 0 Å². The topological polar surface area (TPSA) is 58.9 Å². The maximum Gasteiger partial charge on any atom is 0.0784 e. The molecule has 0 saturated heterocycles. The lowest BCUT2D eigenvalue weighted by Crippen LogP contribution is -2.30. The number of aliphatic hydroxyl groups is 2. The molecular weight excluding hydrogens is 208 g/mol. The van der Waals surface area contributed by atoms with Crippen molar-refractivity contribution in [1.29, 1.82) is 0 Å². The molecule has 1 saturated carbocycles. The van der Waals surface area contributed by atoms with E-state index >= 15 is 0 Å². The minimum atomic E-state index is -0.419. The van der Waals surface area contributed by atoms with E-state index in [0.717, 1.165) is 25.7 Å². The van der Waals surface area contributed by atoms with Gasteiger partial charge in [0.1, 0.15) is 0 Å². The van der Waals surface area contributed by atoms with E-state index in [4.69, 9.17) is 14.6 Å². The summed E-state index contributed by atoms with van der Waals surface area (Å²) in [5.74, 6) is 0. The van der Waals surface area contributed by atoms with Crippen molar-refractivity contribution in [3.05, 3.63) is 0 Å². The highest BCUT2D eigenvalue weighted by Crippen LogP contribution is 2.22. The normalized spacial score (nSPS) is 30.0. The fourth-order valence-corrected chi connectivity index (χ4v) is 1.95. The van der Waals surface area contributed by atoms with Gasteiger partial charge in [-0.25, -0.2) is 0 Å². The van der Waals surface area contributed by atoms with Crippen molar-refractivity contribution in [2.75, 3.05) is 13.2 Å². The molecule has 0 aromatic carbocycles. The average molecular weight is 232 g/mol. The predicted octanol–water partition coefficient (Wildman–Crippen LogP) is 1.09. The molecule has 2 unspecified atom stereocenters. The first-order chi connectivity index (χ1) is 7.58. The summed E-state index contributed by atoms with van der Waals surface area (Å²) in [6.45, 7) is 4.56. The maximum atomic E-state index is 9.36. The van der Waals surface area contributed by atoms with E-state index < -0.39 is 6.10 Å². The third kappa shape index (κ3) is 5.80. The molecule has 1 aliphatic rings. The summed E-state index contributed by atoms with van der Waals surface area (Å²) in [7, 11) is 0. The smallest absolute Gasteiger partial charge is 0.0784 e. The van der Waals surface area contributed by atoms with Gasteiger partial charge in [-0.2, -0.15) is 0 Å². The van der Waals surface area contributed by atoms with E-state index in [1.807, 2.05) is 6.92 Å². The predicted molar refractivity (Wildman–Crippen MR) is 61.3 cm³/mol. The van der Waals surface area contributed by atoms with Crippen LogP contribution in [0.5, 0.6) is 0 Å². The quantitative estimate of drug-likeness (QED) is 0.720. The van der Waals surface area contributed by atoms with Gasteiger partial charge in [-0.05, 0) is 39.5 Å². The van der Waals surface area contributed by atoms with Crippen LogP contribution in [0.1, 0.15) is 39.5 Å². The molecule has 0 radical (unpaired) electrons. The van der Waals surface area contributed by atoms with E-state index in [2.05, 4.69) is 0 Å². The summed E-state index contributed by atoms with van der Waals surface area (Å²) in [4.78, 5) is 0. The second-order valence-corrected chi connectivity index (χ2v) is 4.76. The van der Waals surface area contributed by atoms with Crippen LogP contribution in [-0.4, -0.2) is 47.8 Å². The van der Waals surface area contributed by atoms with Gasteiger partial charge in [0, 0.05) is 0 Å².